The summed E-state index contributed by atoms with van der Waals surface area (Å²) in [6.45, 7) is 1.77. The van der Waals surface area contributed by atoms with E-state index >= 15 is 0 Å². The monoisotopic (exact) mass is 304 g/mol. The van der Waals surface area contributed by atoms with Gasteiger partial charge >= 0.3 is 0 Å². The van der Waals surface area contributed by atoms with Gasteiger partial charge in [-0.15, -0.1) is 0 Å². The van der Waals surface area contributed by atoms with Crippen molar-refractivity contribution in [2.75, 3.05) is 12.4 Å². The summed E-state index contributed by atoms with van der Waals surface area (Å²) in [4.78, 5) is 22.3. The Bertz CT molecular complexity index is 746. The van der Waals surface area contributed by atoms with Gasteiger partial charge in [0.25, 0.3) is 11.6 Å². The van der Waals surface area contributed by atoms with Gasteiger partial charge in [0.1, 0.15) is 11.6 Å². The van der Waals surface area contributed by atoms with Gasteiger partial charge in [0.15, 0.2) is 0 Å². The highest BCUT2D eigenvalue weighted by Crippen LogP contribution is 2.26. The number of benzene rings is 2. The van der Waals surface area contributed by atoms with Crippen LogP contribution < -0.4 is 10.1 Å². The summed E-state index contributed by atoms with van der Waals surface area (Å²) in [5.41, 5.74) is 0.388. The van der Waals surface area contributed by atoms with E-state index < -0.39 is 16.6 Å². The topological polar surface area (TPSA) is 81.5 Å². The molecule has 0 aromatic heterocycles. The molecule has 1 amide bonds. The molecule has 1 N–H and O–H groups in total. The lowest BCUT2D eigenvalue weighted by molar-refractivity contribution is -0.384. The Morgan fingerprint density at radius 2 is 2.05 bits per heavy atom. The standard InChI is InChI=1S/C15H13FN2O4/c1-9-4-3-5-11(14(9)22-2)15(19)17-13-8-10(18(20)21)6-7-12(13)16/h3-8H,1-2H3,(H,17,19). The Kier molecular flexibility index (Phi) is 4.36. The second kappa shape index (κ2) is 6.21. The average molecular weight is 304 g/mol. The quantitative estimate of drug-likeness (QED) is 0.694. The fourth-order valence-corrected chi connectivity index (χ4v) is 2.01. The van der Waals surface area contributed by atoms with Gasteiger partial charge in [-0.05, 0) is 24.6 Å². The Labute approximate surface area is 125 Å². The van der Waals surface area contributed by atoms with Crippen molar-refractivity contribution in [2.24, 2.45) is 0 Å². The minimum atomic E-state index is -0.759. The molecule has 0 aliphatic heterocycles. The number of nitro benzene ring substituents is 1. The third-order valence-corrected chi connectivity index (χ3v) is 3.07. The van der Waals surface area contributed by atoms with Crippen molar-refractivity contribution >= 4 is 17.3 Å². The van der Waals surface area contributed by atoms with Gasteiger partial charge in [-0.2, -0.15) is 0 Å². The molecule has 0 aliphatic rings. The Balaban J connectivity index is 2.35. The maximum atomic E-state index is 13.7. The van der Waals surface area contributed by atoms with E-state index in [4.69, 9.17) is 4.74 Å². The van der Waals surface area contributed by atoms with Crippen LogP contribution in [0.2, 0.25) is 0 Å². The number of hydrogen-bond donors (Lipinski definition) is 1. The molecule has 0 saturated carbocycles. The molecule has 0 fully saturated rings. The first kappa shape index (κ1) is 15.4. The molecule has 7 heteroatoms. The number of anilines is 1. The van der Waals surface area contributed by atoms with Gasteiger partial charge in [-0.25, -0.2) is 4.39 Å². The molecule has 2 aromatic carbocycles. The fourth-order valence-electron chi connectivity index (χ4n) is 2.01. The molecule has 2 aromatic rings. The van der Waals surface area contributed by atoms with E-state index in [9.17, 15) is 19.3 Å². The second-order valence-corrected chi connectivity index (χ2v) is 4.53. The van der Waals surface area contributed by atoms with Crippen LogP contribution >= 0.6 is 0 Å². The van der Waals surface area contributed by atoms with Gasteiger partial charge in [0.05, 0.1) is 23.3 Å². The van der Waals surface area contributed by atoms with Gasteiger partial charge in [-0.1, -0.05) is 12.1 Å². The number of carbonyl (C=O) groups excluding carboxylic acids is 1. The molecule has 0 spiro atoms. The molecular formula is C15H13FN2O4. The number of nitrogens with one attached hydrogen (secondary N) is 1. The van der Waals surface area contributed by atoms with E-state index in [-0.39, 0.29) is 16.9 Å². The zero-order chi connectivity index (χ0) is 16.3. The number of carbonyl (C=O) groups is 1. The minimum absolute atomic E-state index is 0.216. The van der Waals surface area contributed by atoms with Crippen molar-refractivity contribution in [2.45, 2.75) is 6.92 Å². The fraction of sp³-hybridized carbons (Fsp3) is 0.133. The molecule has 0 heterocycles. The molecule has 6 nitrogen and oxygen atoms in total. The summed E-state index contributed by atoms with van der Waals surface area (Å²) in [5, 5.41) is 13.0. The van der Waals surface area contributed by atoms with Crippen LogP contribution in [0, 0.1) is 22.9 Å². The molecule has 22 heavy (non-hydrogen) atoms. The van der Waals surface area contributed by atoms with Crippen LogP contribution in [0.4, 0.5) is 15.8 Å². The van der Waals surface area contributed by atoms with Crippen LogP contribution in [0.15, 0.2) is 36.4 Å². The van der Waals surface area contributed by atoms with Gasteiger partial charge in [-0.3, -0.25) is 14.9 Å². The molecule has 0 aliphatic carbocycles. The van der Waals surface area contributed by atoms with Crippen LogP contribution in [0.3, 0.4) is 0 Å². The van der Waals surface area contributed by atoms with E-state index in [0.29, 0.717) is 5.75 Å². The highest BCUT2D eigenvalue weighted by atomic mass is 19.1. The molecule has 0 atom stereocenters. The van der Waals surface area contributed by atoms with Crippen molar-refractivity contribution in [3.05, 3.63) is 63.5 Å². The SMILES string of the molecule is COc1c(C)cccc1C(=O)Nc1cc([N+](=O)[O-])ccc1F. The Morgan fingerprint density at radius 1 is 1.32 bits per heavy atom. The lowest BCUT2D eigenvalue weighted by atomic mass is 10.1. The average Bonchev–Trinajstić information content (AvgIpc) is 2.48. The number of hydrogen-bond acceptors (Lipinski definition) is 4. The van der Waals surface area contributed by atoms with Crippen LogP contribution in [-0.2, 0) is 0 Å². The van der Waals surface area contributed by atoms with Crippen molar-refractivity contribution in [3.8, 4) is 5.75 Å². The van der Waals surface area contributed by atoms with E-state index in [1.807, 2.05) is 0 Å². The van der Waals surface area contributed by atoms with Gasteiger partial charge < -0.3 is 10.1 Å². The largest absolute Gasteiger partial charge is 0.496 e. The first-order chi connectivity index (χ1) is 10.4. The molecule has 2 rings (SSSR count). The molecular weight excluding hydrogens is 291 g/mol. The van der Waals surface area contributed by atoms with Crippen LogP contribution in [0.25, 0.3) is 0 Å². The summed E-state index contributed by atoms with van der Waals surface area (Å²) in [7, 11) is 1.42. The van der Waals surface area contributed by atoms with Gasteiger partial charge in [0, 0.05) is 12.1 Å². The Morgan fingerprint density at radius 3 is 2.68 bits per heavy atom. The second-order valence-electron chi connectivity index (χ2n) is 4.53. The van der Waals surface area contributed by atoms with Crippen molar-refractivity contribution in [1.29, 1.82) is 0 Å². The number of halogens is 1. The van der Waals surface area contributed by atoms with E-state index in [0.717, 1.165) is 23.8 Å². The normalized spacial score (nSPS) is 10.1. The summed E-state index contributed by atoms with van der Waals surface area (Å²) in [6.07, 6.45) is 0. The lowest BCUT2D eigenvalue weighted by Crippen LogP contribution is -2.14. The first-order valence-corrected chi connectivity index (χ1v) is 6.33. The van der Waals surface area contributed by atoms with E-state index in [2.05, 4.69) is 5.32 Å². The lowest BCUT2D eigenvalue weighted by Gasteiger charge is -2.11. The number of aryl methyl sites for hydroxylation is 1. The third kappa shape index (κ3) is 3.03. The summed E-state index contributed by atoms with van der Waals surface area (Å²) in [6, 6.07) is 7.88. The minimum Gasteiger partial charge on any atom is -0.496 e. The molecule has 0 radical (unpaired) electrons. The summed E-state index contributed by atoms with van der Waals surface area (Å²) < 4.78 is 18.9. The number of ether oxygens (including phenoxy) is 1. The number of amides is 1. The van der Waals surface area contributed by atoms with Crippen LogP contribution in [0.1, 0.15) is 15.9 Å². The van der Waals surface area contributed by atoms with E-state index in [1.54, 1.807) is 19.1 Å². The molecule has 0 saturated heterocycles. The molecule has 0 bridgehead atoms. The number of nitro groups is 1. The molecule has 114 valence electrons. The van der Waals surface area contributed by atoms with E-state index in [1.165, 1.54) is 13.2 Å². The summed E-state index contributed by atoms with van der Waals surface area (Å²) in [5.74, 6) is -1.00. The smallest absolute Gasteiger partial charge is 0.271 e. The van der Waals surface area contributed by atoms with Crippen molar-refractivity contribution in [3.63, 3.8) is 0 Å². The maximum absolute atomic E-state index is 13.7. The van der Waals surface area contributed by atoms with Crippen LogP contribution in [0.5, 0.6) is 5.75 Å². The highest BCUT2D eigenvalue weighted by molar-refractivity contribution is 6.06. The van der Waals surface area contributed by atoms with Crippen molar-refractivity contribution < 1.29 is 18.8 Å². The highest BCUT2D eigenvalue weighted by Gasteiger charge is 2.17. The number of nitrogens with zero attached hydrogens (tertiary/aromatic N) is 1. The zero-order valence-electron chi connectivity index (χ0n) is 11.9. The van der Waals surface area contributed by atoms with Crippen molar-refractivity contribution in [1.82, 2.24) is 0 Å². The summed E-state index contributed by atoms with van der Waals surface area (Å²) >= 11 is 0. The Hall–Kier alpha value is -2.96. The predicted octanol–water partition coefficient (Wildman–Crippen LogP) is 3.30. The van der Waals surface area contributed by atoms with Crippen LogP contribution in [-0.4, -0.2) is 17.9 Å². The number of non-ortho nitro benzene ring substituents is 1. The number of methoxy groups -OCH3 is 1. The van der Waals surface area contributed by atoms with Gasteiger partial charge in [0.2, 0.25) is 0 Å². The predicted molar refractivity (Wildman–Crippen MR) is 78.7 cm³/mol. The maximum Gasteiger partial charge on any atom is 0.271 e. The first-order valence-electron chi connectivity index (χ1n) is 6.33. The third-order valence-electron chi connectivity index (χ3n) is 3.07. The number of rotatable bonds is 4. The zero-order valence-corrected chi connectivity index (χ0v) is 11.9. The number of para-hydroxylation sites is 1. The molecule has 0 unspecified atom stereocenters.